The van der Waals surface area contributed by atoms with E-state index < -0.39 is 0 Å². The molecule has 0 bridgehead atoms. The van der Waals surface area contributed by atoms with Gasteiger partial charge in [0, 0.05) is 38.6 Å². The van der Waals surface area contributed by atoms with Crippen molar-refractivity contribution in [3.8, 4) is 0 Å². The van der Waals surface area contributed by atoms with Gasteiger partial charge < -0.3 is 19.5 Å². The molecule has 2 fully saturated rings. The van der Waals surface area contributed by atoms with E-state index in [-0.39, 0.29) is 29.3 Å². The molecular weight excluding hydrogens is 316 g/mol. The molecule has 3 rings (SSSR count). The van der Waals surface area contributed by atoms with Crippen molar-refractivity contribution in [2.75, 3.05) is 39.5 Å². The van der Waals surface area contributed by atoms with Gasteiger partial charge in [-0.25, -0.2) is 4.98 Å². The molecule has 23 heavy (non-hydrogen) atoms. The maximum Gasteiger partial charge on any atom is 0.274 e. The van der Waals surface area contributed by atoms with Crippen LogP contribution in [0.2, 0.25) is 0 Å². The van der Waals surface area contributed by atoms with Crippen LogP contribution < -0.4 is 0 Å². The standard InChI is InChI=1S/C15H22N4O3S/c1-10-13(17-9-16-10)14(21)19-7-15(8-19)4-11(6-23-15)22-5-12(20)18(2)3/h9,11H,4-8H2,1-3H3,(H,16,17). The number of H-pyrrole nitrogens is 1. The van der Waals surface area contributed by atoms with Gasteiger partial charge in [-0.2, -0.15) is 0 Å². The number of ether oxygens (including phenoxy) is 1. The lowest BCUT2D eigenvalue weighted by Gasteiger charge is -2.47. The summed E-state index contributed by atoms with van der Waals surface area (Å²) in [6, 6.07) is 0. The first kappa shape index (κ1) is 16.3. The molecule has 1 aromatic rings. The van der Waals surface area contributed by atoms with Crippen molar-refractivity contribution in [3.05, 3.63) is 17.7 Å². The Hall–Kier alpha value is -1.54. The van der Waals surface area contributed by atoms with Crippen LogP contribution in [0.25, 0.3) is 0 Å². The predicted octanol–water partition coefficient (Wildman–Crippen LogP) is 0.523. The smallest absolute Gasteiger partial charge is 0.274 e. The molecule has 8 heteroatoms. The van der Waals surface area contributed by atoms with Crippen LogP contribution in [0.1, 0.15) is 22.6 Å². The van der Waals surface area contributed by atoms with Gasteiger partial charge in [0.25, 0.3) is 5.91 Å². The summed E-state index contributed by atoms with van der Waals surface area (Å²) in [5.74, 6) is 0.849. The molecular formula is C15H22N4O3S. The van der Waals surface area contributed by atoms with Crippen LogP contribution >= 0.6 is 11.8 Å². The number of imidazole rings is 1. The molecule has 0 saturated carbocycles. The van der Waals surface area contributed by atoms with E-state index in [0.29, 0.717) is 5.69 Å². The van der Waals surface area contributed by atoms with Crippen molar-refractivity contribution in [2.24, 2.45) is 0 Å². The van der Waals surface area contributed by atoms with Gasteiger partial charge in [-0.15, -0.1) is 11.8 Å². The lowest BCUT2D eigenvalue weighted by Crippen LogP contribution is -2.60. The van der Waals surface area contributed by atoms with Gasteiger partial charge in [0.05, 0.1) is 17.2 Å². The Kier molecular flexibility index (Phi) is 4.37. The number of aromatic amines is 1. The average Bonchev–Trinajstić information content (AvgIpc) is 3.08. The first-order valence-electron chi connectivity index (χ1n) is 7.65. The van der Waals surface area contributed by atoms with Crippen molar-refractivity contribution in [2.45, 2.75) is 24.2 Å². The number of amides is 2. The Labute approximate surface area is 139 Å². The Bertz CT molecular complexity index is 610. The summed E-state index contributed by atoms with van der Waals surface area (Å²) in [5, 5.41) is 0. The largest absolute Gasteiger partial charge is 0.367 e. The molecule has 1 unspecified atom stereocenters. The highest BCUT2D eigenvalue weighted by atomic mass is 32.2. The van der Waals surface area contributed by atoms with Gasteiger partial charge in [0.15, 0.2) is 0 Å². The molecule has 3 heterocycles. The first-order valence-corrected chi connectivity index (χ1v) is 8.64. The fourth-order valence-corrected chi connectivity index (χ4v) is 4.52. The van der Waals surface area contributed by atoms with E-state index in [1.165, 1.54) is 4.90 Å². The summed E-state index contributed by atoms with van der Waals surface area (Å²) in [7, 11) is 3.45. The third-order valence-corrected chi connectivity index (χ3v) is 5.97. The maximum atomic E-state index is 12.4. The van der Waals surface area contributed by atoms with Crippen LogP contribution in [-0.4, -0.2) is 82.0 Å². The first-order chi connectivity index (χ1) is 10.9. The van der Waals surface area contributed by atoms with E-state index in [1.807, 2.05) is 23.6 Å². The Morgan fingerprint density at radius 2 is 2.26 bits per heavy atom. The van der Waals surface area contributed by atoms with E-state index in [1.54, 1.807) is 20.4 Å². The molecule has 1 N–H and O–H groups in total. The number of carbonyl (C=O) groups is 2. The number of likely N-dealkylation sites (N-methyl/N-ethyl adjacent to an activating group) is 1. The van der Waals surface area contributed by atoms with Crippen molar-refractivity contribution in [1.29, 1.82) is 0 Å². The highest BCUT2D eigenvalue weighted by molar-refractivity contribution is 8.01. The Morgan fingerprint density at radius 3 is 2.87 bits per heavy atom. The number of aryl methyl sites for hydroxylation is 1. The Morgan fingerprint density at radius 1 is 1.52 bits per heavy atom. The molecule has 1 atom stereocenters. The second-order valence-corrected chi connectivity index (χ2v) is 7.94. The number of nitrogens with one attached hydrogen (secondary N) is 1. The van der Waals surface area contributed by atoms with E-state index in [0.717, 1.165) is 31.0 Å². The molecule has 126 valence electrons. The molecule has 2 aliphatic rings. The number of rotatable bonds is 4. The quantitative estimate of drug-likeness (QED) is 0.866. The zero-order chi connectivity index (χ0) is 16.6. The number of likely N-dealkylation sites (tertiary alicyclic amines) is 1. The molecule has 2 saturated heterocycles. The lowest BCUT2D eigenvalue weighted by atomic mass is 9.92. The minimum absolute atomic E-state index is 0.0119. The molecule has 1 spiro atoms. The fraction of sp³-hybridized carbons (Fsp3) is 0.667. The molecule has 2 amide bonds. The van der Waals surface area contributed by atoms with Crippen LogP contribution in [0, 0.1) is 6.92 Å². The van der Waals surface area contributed by atoms with E-state index in [9.17, 15) is 9.59 Å². The second kappa shape index (κ2) is 6.16. The van der Waals surface area contributed by atoms with Gasteiger partial charge in [0.2, 0.25) is 5.91 Å². The van der Waals surface area contributed by atoms with Crippen LogP contribution in [0.15, 0.2) is 6.33 Å². The van der Waals surface area contributed by atoms with E-state index in [2.05, 4.69) is 9.97 Å². The zero-order valence-electron chi connectivity index (χ0n) is 13.7. The molecule has 0 aromatic carbocycles. The van der Waals surface area contributed by atoms with Crippen LogP contribution in [-0.2, 0) is 9.53 Å². The van der Waals surface area contributed by atoms with E-state index in [4.69, 9.17) is 4.74 Å². The summed E-state index contributed by atoms with van der Waals surface area (Å²) < 4.78 is 5.80. The fourth-order valence-electron chi connectivity index (χ4n) is 2.97. The topological polar surface area (TPSA) is 78.5 Å². The summed E-state index contributed by atoms with van der Waals surface area (Å²) in [6.45, 7) is 3.43. The molecule has 1 aromatic heterocycles. The lowest BCUT2D eigenvalue weighted by molar-refractivity contribution is -0.135. The van der Waals surface area contributed by atoms with Gasteiger partial charge in [-0.05, 0) is 13.3 Å². The minimum Gasteiger partial charge on any atom is -0.367 e. The van der Waals surface area contributed by atoms with Gasteiger partial charge in [-0.1, -0.05) is 0 Å². The third kappa shape index (κ3) is 3.23. The highest BCUT2D eigenvalue weighted by Crippen LogP contribution is 2.46. The van der Waals surface area contributed by atoms with Crippen molar-refractivity contribution < 1.29 is 14.3 Å². The normalized spacial score (nSPS) is 22.2. The number of thioether (sulfide) groups is 1. The third-order valence-electron chi connectivity index (χ3n) is 4.39. The second-order valence-electron chi connectivity index (χ2n) is 6.46. The molecule has 2 aliphatic heterocycles. The monoisotopic (exact) mass is 338 g/mol. The number of nitrogens with zero attached hydrogens (tertiary/aromatic N) is 3. The molecule has 0 aliphatic carbocycles. The van der Waals surface area contributed by atoms with Gasteiger partial charge in [-0.3, -0.25) is 9.59 Å². The summed E-state index contributed by atoms with van der Waals surface area (Å²) in [5.41, 5.74) is 1.31. The van der Waals surface area contributed by atoms with Crippen LogP contribution in [0.5, 0.6) is 0 Å². The van der Waals surface area contributed by atoms with Crippen molar-refractivity contribution in [3.63, 3.8) is 0 Å². The average molecular weight is 338 g/mol. The maximum absolute atomic E-state index is 12.4. The van der Waals surface area contributed by atoms with Crippen molar-refractivity contribution >= 4 is 23.6 Å². The highest BCUT2D eigenvalue weighted by Gasteiger charge is 2.51. The minimum atomic E-state index is -0.0182. The number of hydrogen-bond acceptors (Lipinski definition) is 5. The zero-order valence-corrected chi connectivity index (χ0v) is 14.5. The Balaban J connectivity index is 1.48. The number of hydrogen-bond donors (Lipinski definition) is 1. The van der Waals surface area contributed by atoms with Gasteiger partial charge in [0.1, 0.15) is 12.3 Å². The summed E-state index contributed by atoms with van der Waals surface area (Å²) in [6.07, 6.45) is 2.53. The SMILES string of the molecule is Cc1[nH]cnc1C(=O)N1CC2(CC(OCC(=O)N(C)C)CS2)C1. The number of aromatic nitrogens is 2. The van der Waals surface area contributed by atoms with Crippen LogP contribution in [0.3, 0.4) is 0 Å². The van der Waals surface area contributed by atoms with Gasteiger partial charge >= 0.3 is 0 Å². The summed E-state index contributed by atoms with van der Waals surface area (Å²) >= 11 is 1.85. The van der Waals surface area contributed by atoms with Crippen molar-refractivity contribution in [1.82, 2.24) is 19.8 Å². The summed E-state index contributed by atoms with van der Waals surface area (Å²) in [4.78, 5) is 34.4. The molecule has 0 radical (unpaired) electrons. The number of carbonyl (C=O) groups excluding carboxylic acids is 2. The molecule has 7 nitrogen and oxygen atoms in total. The van der Waals surface area contributed by atoms with E-state index >= 15 is 0 Å². The van der Waals surface area contributed by atoms with Crippen LogP contribution in [0.4, 0.5) is 0 Å². The predicted molar refractivity (Wildman–Crippen MR) is 87.5 cm³/mol.